The fourth-order valence-electron chi connectivity index (χ4n) is 12.6. The molecule has 43 heteroatoms. The number of aliphatic hydroxyl groups excluding tert-OH is 1. The van der Waals surface area contributed by atoms with Crippen LogP contribution >= 0.6 is 0 Å². The minimum absolute atomic E-state index is 0.0161. The molecule has 43 nitrogen and oxygen atoms in total. The number of anilines is 1. The van der Waals surface area contributed by atoms with Crippen molar-refractivity contribution < 1.29 is 126 Å². The number of primary amides is 1. The summed E-state index contributed by atoms with van der Waals surface area (Å²) in [6.07, 6.45) is 0.939. The van der Waals surface area contributed by atoms with E-state index >= 15 is 4.79 Å². The van der Waals surface area contributed by atoms with Crippen LogP contribution in [0, 0.1) is 5.92 Å². The standard InChI is InChI=1S/C78H113N17O26/c1-6-8-10-12-13-14-15-27-59(99)87-50(31-44-37-82-47-24-18-16-22-45(44)47)72(114)90-51(33-58(80)98)73(115)92-54(36-65(108)109)74(116)95-67-43(5)121-78(120)55(32-57(97)46-23-17-19-25-48(46)81-29-20-11-9-7-2)93-77(119)66(41(3)30-62(102)103)94-75(117)56(40-96)88-61(101)38-83-69(111)52(34-63(104)105)89-68(110)42(4)85-71(113)53(35-64(106)107)91-70(112)49(26-21-28-79)86-60(100)39-84-76(67)118/h16-19,22-25,37,41-43,49-56,66-67,81-82,96H,6-15,20-21,26-36,38-40,79H2,1-5H3,(H2,80,98)(H,83,111)(H,84,118)(H,85,113)(H,86,100)(H,87,99)(H,88,101)(H,89,110)(H,90,114)(H,91,112)(H,92,115)(H,93,119)(H,94,117)(H,95,116)(H,102,103)(H,104,105)(H,106,107)(H,108,109)/t41-,42-,43-,49+,50+,51-,52+,53+,54+,55+,56-,66+,67+/m1/s1. The highest BCUT2D eigenvalue weighted by atomic mass is 16.5. The predicted octanol–water partition coefficient (Wildman–Crippen LogP) is -3.21. The summed E-state index contributed by atoms with van der Waals surface area (Å²) in [5, 5.41) is 82.6. The molecule has 1 aliphatic rings. The number of carboxylic acid groups (broad SMARTS) is 4. The third kappa shape index (κ3) is 35.8. The fraction of sp³-hybridized carbons (Fsp3) is 0.564. The average Bonchev–Trinajstić information content (AvgIpc) is 1.75. The summed E-state index contributed by atoms with van der Waals surface area (Å²) in [7, 11) is 0. The number of benzene rings is 2. The molecule has 0 aliphatic carbocycles. The van der Waals surface area contributed by atoms with E-state index in [-0.39, 0.29) is 43.5 Å². The number of ketones is 1. The Balaban J connectivity index is 1.92. The number of carbonyl (C=O) groups is 20. The number of aromatic amines is 1. The Bertz CT molecular complexity index is 4160. The van der Waals surface area contributed by atoms with Crippen molar-refractivity contribution in [3.05, 3.63) is 65.9 Å². The first kappa shape index (κ1) is 101. The number of hydrogen-bond donors (Lipinski definition) is 22. The number of unbranched alkanes of at least 4 members (excludes halogenated alkanes) is 9. The molecule has 3 aromatic rings. The maximum atomic E-state index is 15.1. The van der Waals surface area contributed by atoms with Crippen molar-refractivity contribution in [3.63, 3.8) is 0 Å². The lowest BCUT2D eigenvalue weighted by Crippen LogP contribution is -2.62. The number of carbonyl (C=O) groups excluding carboxylic acids is 16. The van der Waals surface area contributed by atoms with E-state index < -0.39 is 255 Å². The molecule has 0 saturated carbocycles. The van der Waals surface area contributed by atoms with Crippen molar-refractivity contribution in [2.75, 3.05) is 38.1 Å². The normalized spacial score (nSPS) is 20.7. The summed E-state index contributed by atoms with van der Waals surface area (Å²) in [6.45, 7) is 3.52. The van der Waals surface area contributed by atoms with Gasteiger partial charge in [0.05, 0.1) is 51.8 Å². The number of fused-ring (bicyclic) bond motifs is 1. The summed E-state index contributed by atoms with van der Waals surface area (Å²) in [5.74, 6) is -29.4. The van der Waals surface area contributed by atoms with Gasteiger partial charge in [0.2, 0.25) is 82.7 Å². The highest BCUT2D eigenvalue weighted by Gasteiger charge is 2.41. The van der Waals surface area contributed by atoms with E-state index in [1.54, 1.807) is 36.5 Å². The number of ether oxygens (including phenoxy) is 1. The van der Waals surface area contributed by atoms with E-state index in [4.69, 9.17) is 16.2 Å². The molecule has 1 saturated heterocycles. The summed E-state index contributed by atoms with van der Waals surface area (Å²) >= 11 is 0. The van der Waals surface area contributed by atoms with Crippen LogP contribution in [-0.2, 0) is 102 Å². The Morgan fingerprint density at radius 1 is 0.529 bits per heavy atom. The van der Waals surface area contributed by atoms with Crippen molar-refractivity contribution in [1.82, 2.24) is 74.1 Å². The molecule has 2 aromatic carbocycles. The molecule has 14 amide bonds. The van der Waals surface area contributed by atoms with Gasteiger partial charge >= 0.3 is 29.8 Å². The molecule has 0 radical (unpaired) electrons. The van der Waals surface area contributed by atoms with Crippen molar-refractivity contribution in [1.29, 1.82) is 0 Å². The molecule has 0 bridgehead atoms. The topological polar surface area (TPSA) is 688 Å². The highest BCUT2D eigenvalue weighted by Crippen LogP contribution is 2.23. The molecule has 121 heavy (non-hydrogen) atoms. The number of cyclic esters (lactones) is 1. The van der Waals surface area contributed by atoms with Crippen LogP contribution in [0.25, 0.3) is 10.9 Å². The zero-order valence-corrected chi connectivity index (χ0v) is 68.1. The number of aliphatic carboxylic acids is 4. The number of nitrogens with one attached hydrogen (secondary N) is 15. The maximum Gasteiger partial charge on any atom is 0.329 e. The second kappa shape index (κ2) is 52.3. The van der Waals surface area contributed by atoms with Gasteiger partial charge < -0.3 is 121 Å². The Labute approximate surface area is 695 Å². The number of carboxylic acids is 4. The third-order valence-corrected chi connectivity index (χ3v) is 19.2. The molecular weight excluding hydrogens is 1590 g/mol. The quantitative estimate of drug-likeness (QED) is 0.0151. The van der Waals surface area contributed by atoms with E-state index in [0.29, 0.717) is 42.3 Å². The van der Waals surface area contributed by atoms with Crippen LogP contribution in [0.5, 0.6) is 0 Å². The monoisotopic (exact) mass is 1700 g/mol. The Hall–Kier alpha value is -12.7. The smallest absolute Gasteiger partial charge is 0.329 e. The summed E-state index contributed by atoms with van der Waals surface area (Å²) in [5.41, 5.74) is 12.7. The molecule has 4 rings (SSSR count). The van der Waals surface area contributed by atoms with Crippen LogP contribution in [0.1, 0.15) is 179 Å². The number of H-pyrrole nitrogens is 1. The zero-order chi connectivity index (χ0) is 90.0. The minimum Gasteiger partial charge on any atom is -0.481 e. The van der Waals surface area contributed by atoms with E-state index in [2.05, 4.69) is 70.4 Å². The van der Waals surface area contributed by atoms with Gasteiger partial charge in [-0.1, -0.05) is 109 Å². The van der Waals surface area contributed by atoms with Gasteiger partial charge in [0.25, 0.3) is 0 Å². The second-order valence-corrected chi connectivity index (χ2v) is 29.2. The van der Waals surface area contributed by atoms with E-state index in [1.165, 1.54) is 18.2 Å². The van der Waals surface area contributed by atoms with Gasteiger partial charge in [0.1, 0.15) is 72.6 Å². The number of amides is 14. The third-order valence-electron chi connectivity index (χ3n) is 19.2. The number of hydrogen-bond acceptors (Lipinski definition) is 24. The molecule has 1 fully saturated rings. The molecular formula is C78H113N17O26. The summed E-state index contributed by atoms with van der Waals surface area (Å²) in [4.78, 5) is 279. The number of aromatic nitrogens is 1. The van der Waals surface area contributed by atoms with Gasteiger partial charge in [0.15, 0.2) is 5.78 Å². The first-order valence-corrected chi connectivity index (χ1v) is 39.8. The Morgan fingerprint density at radius 2 is 1.07 bits per heavy atom. The van der Waals surface area contributed by atoms with Crippen LogP contribution in [0.15, 0.2) is 54.7 Å². The van der Waals surface area contributed by atoms with Crippen LogP contribution in [0.4, 0.5) is 5.69 Å². The summed E-state index contributed by atoms with van der Waals surface area (Å²) < 4.78 is 5.80. The van der Waals surface area contributed by atoms with E-state index in [1.807, 2.05) is 22.9 Å². The number of para-hydroxylation sites is 2. The first-order valence-electron chi connectivity index (χ1n) is 39.8. The van der Waals surface area contributed by atoms with Gasteiger partial charge in [-0.3, -0.25) is 91.1 Å². The minimum atomic E-state index is -2.44. The van der Waals surface area contributed by atoms with Crippen molar-refractivity contribution in [3.8, 4) is 0 Å². The van der Waals surface area contributed by atoms with Gasteiger partial charge in [-0.05, 0) is 75.8 Å². The fourth-order valence-corrected chi connectivity index (χ4v) is 12.6. The number of nitrogens with two attached hydrogens (primary N) is 2. The average molecular weight is 1700 g/mol. The lowest BCUT2D eigenvalue weighted by Gasteiger charge is -2.30. The van der Waals surface area contributed by atoms with Crippen molar-refractivity contribution in [2.24, 2.45) is 17.4 Å². The molecule has 0 unspecified atom stereocenters. The number of aliphatic hydroxyl groups is 1. The SMILES string of the molecule is CCCCCCCCCC(=O)N[C@@H](Cc1c[nH]c2ccccc12)C(=O)N[C@H](CC(N)=O)C(=O)N[C@@H](CC(=O)O)C(=O)N[C@@H]1C(=O)NCC(=O)N[C@@H](CCCN)C(=O)N[C@@H](CC(=O)O)C(=O)N[C@H](C)C(=O)N[C@@H](CC(=O)O)C(=O)NCC(=O)N[C@H](CO)C(=O)N[C@@H]([C@H](C)CC(=O)O)C(=O)N[C@@H](CC(=O)c2ccccc2NCCCCCC)C(=O)O[C@@H]1C. The largest absolute Gasteiger partial charge is 0.481 e. The molecule has 666 valence electrons. The van der Waals surface area contributed by atoms with E-state index in [9.17, 15) is 117 Å². The van der Waals surface area contributed by atoms with Crippen LogP contribution in [0.2, 0.25) is 0 Å². The molecule has 13 atom stereocenters. The molecule has 1 aromatic heterocycles. The van der Waals surface area contributed by atoms with Gasteiger partial charge in [-0.25, -0.2) is 4.79 Å². The maximum absolute atomic E-state index is 15.1. The Kier molecular flexibility index (Phi) is 43.5. The lowest BCUT2D eigenvalue weighted by molar-refractivity contribution is -0.156. The molecule has 24 N–H and O–H groups in total. The van der Waals surface area contributed by atoms with Crippen molar-refractivity contribution in [2.45, 2.75) is 242 Å². The Morgan fingerprint density at radius 3 is 1.68 bits per heavy atom. The van der Waals surface area contributed by atoms with Gasteiger partial charge in [-0.15, -0.1) is 0 Å². The summed E-state index contributed by atoms with van der Waals surface area (Å²) in [6, 6.07) is -9.80. The second-order valence-electron chi connectivity index (χ2n) is 29.2. The highest BCUT2D eigenvalue weighted by molar-refractivity contribution is 6.05. The van der Waals surface area contributed by atoms with E-state index in [0.717, 1.165) is 72.1 Å². The van der Waals surface area contributed by atoms with Crippen LogP contribution < -0.4 is 85.9 Å². The molecule has 0 spiro atoms. The molecule has 2 heterocycles. The lowest BCUT2D eigenvalue weighted by atomic mass is 9.95. The van der Waals surface area contributed by atoms with Gasteiger partial charge in [-0.2, -0.15) is 0 Å². The predicted molar refractivity (Wildman–Crippen MR) is 428 cm³/mol. The first-order chi connectivity index (χ1) is 57.4. The van der Waals surface area contributed by atoms with Crippen LogP contribution in [0.3, 0.4) is 0 Å². The number of esters is 1. The van der Waals surface area contributed by atoms with Gasteiger partial charge in [0, 0.05) is 54.2 Å². The number of Topliss-reactive ketones (excluding diaryl/α,β-unsaturated/α-hetero) is 1. The zero-order valence-electron chi connectivity index (χ0n) is 68.1. The molecule has 1 aliphatic heterocycles. The van der Waals surface area contributed by atoms with Crippen molar-refractivity contribution >= 4 is 135 Å². The number of rotatable bonds is 41. The van der Waals surface area contributed by atoms with Crippen LogP contribution in [-0.4, -0.2) is 254 Å².